The van der Waals surface area contributed by atoms with E-state index < -0.39 is 11.9 Å². The van der Waals surface area contributed by atoms with Crippen molar-refractivity contribution < 1.29 is 28.2 Å². The average molecular weight is 699 g/mol. The number of likely N-dealkylation sites (N-methyl/N-ethyl adjacent to an activating group) is 1. The van der Waals surface area contributed by atoms with Gasteiger partial charge in [0.05, 0.1) is 31.5 Å². The quantitative estimate of drug-likeness (QED) is 0.152. The fourth-order valence-corrected chi connectivity index (χ4v) is 6.38. The summed E-state index contributed by atoms with van der Waals surface area (Å²) in [5.41, 5.74) is 3.87. The number of nitrogens with one attached hydrogen (secondary N) is 1. The summed E-state index contributed by atoms with van der Waals surface area (Å²) in [4.78, 5) is 41.0. The van der Waals surface area contributed by atoms with Crippen LogP contribution in [0.25, 0.3) is 0 Å². The van der Waals surface area contributed by atoms with Crippen molar-refractivity contribution in [3.05, 3.63) is 89.4 Å². The molecule has 2 amide bonds. The number of benzene rings is 3. The number of piperidine rings is 1. The van der Waals surface area contributed by atoms with E-state index >= 15 is 4.39 Å². The Labute approximate surface area is 299 Å². The van der Waals surface area contributed by atoms with Crippen molar-refractivity contribution in [2.75, 3.05) is 57.2 Å². The second-order valence-electron chi connectivity index (χ2n) is 12.8. The molecular weight excluding hydrogens is 651 g/mol. The molecule has 4 aromatic rings. The third kappa shape index (κ3) is 9.31. The minimum atomic E-state index is -0.737. The zero-order valence-electron chi connectivity index (χ0n) is 30.2. The van der Waals surface area contributed by atoms with E-state index in [9.17, 15) is 9.59 Å². The van der Waals surface area contributed by atoms with Crippen molar-refractivity contribution in [1.82, 2.24) is 19.8 Å². The highest BCUT2D eigenvalue weighted by Gasteiger charge is 2.28. The van der Waals surface area contributed by atoms with Crippen LogP contribution in [-0.2, 0) is 11.2 Å². The number of hydrogen-bond acceptors (Lipinski definition) is 9. The Hall–Kier alpha value is -5.23. The van der Waals surface area contributed by atoms with Crippen LogP contribution in [0.15, 0.2) is 66.9 Å². The van der Waals surface area contributed by atoms with Gasteiger partial charge >= 0.3 is 6.09 Å². The lowest BCUT2D eigenvalue weighted by atomic mass is 10.00. The number of para-hydroxylation sites is 1. The van der Waals surface area contributed by atoms with Crippen LogP contribution < -0.4 is 24.4 Å². The van der Waals surface area contributed by atoms with Crippen LogP contribution in [-0.4, -0.2) is 78.7 Å². The minimum absolute atomic E-state index is 0.00358. The van der Waals surface area contributed by atoms with Gasteiger partial charge in [0, 0.05) is 49.6 Å². The zero-order valence-corrected chi connectivity index (χ0v) is 30.2. The van der Waals surface area contributed by atoms with Crippen LogP contribution in [0.1, 0.15) is 43.4 Å². The Morgan fingerprint density at radius 3 is 2.47 bits per heavy atom. The molecule has 270 valence electrons. The van der Waals surface area contributed by atoms with E-state index in [1.54, 1.807) is 29.2 Å². The van der Waals surface area contributed by atoms with Crippen molar-refractivity contribution in [2.45, 2.75) is 47.0 Å². The fraction of sp³-hybridized carbons (Fsp3) is 0.385. The molecule has 5 rings (SSSR count). The van der Waals surface area contributed by atoms with E-state index in [4.69, 9.17) is 14.2 Å². The summed E-state index contributed by atoms with van der Waals surface area (Å²) in [6, 6.07) is 17.1. The Kier molecular flexibility index (Phi) is 12.4. The molecule has 2 heterocycles. The molecule has 1 N–H and O–H groups in total. The molecule has 1 atom stereocenters. The number of aryl methyl sites for hydroxylation is 2. The van der Waals surface area contributed by atoms with Gasteiger partial charge in [-0.25, -0.2) is 19.1 Å². The SMILES string of the molecule is CCN(CC)C(=O)Cc1ccc(N(C(=O)Oc2ccnc(Nc3ccc(OCC4CCCN(C)C4)c(F)c3)n2)c2c(C)cccc2C)c(OC)c1. The summed E-state index contributed by atoms with van der Waals surface area (Å²) in [7, 11) is 3.60. The molecule has 0 saturated carbocycles. The van der Waals surface area contributed by atoms with Gasteiger partial charge in [-0.05, 0) is 95.1 Å². The van der Waals surface area contributed by atoms with Crippen molar-refractivity contribution in [3.63, 3.8) is 0 Å². The van der Waals surface area contributed by atoms with Gasteiger partial charge in [0.15, 0.2) is 11.6 Å². The number of methoxy groups -OCH3 is 1. The molecule has 1 saturated heterocycles. The molecule has 0 spiro atoms. The molecule has 3 aromatic carbocycles. The summed E-state index contributed by atoms with van der Waals surface area (Å²) in [6.07, 6.45) is 3.07. The smallest absolute Gasteiger partial charge is 0.425 e. The van der Waals surface area contributed by atoms with Gasteiger partial charge in [0.1, 0.15) is 5.75 Å². The van der Waals surface area contributed by atoms with Crippen molar-refractivity contribution >= 4 is 35.0 Å². The number of carbonyl (C=O) groups is 2. The molecule has 0 radical (unpaired) electrons. The normalized spacial score (nSPS) is 14.5. The lowest BCUT2D eigenvalue weighted by molar-refractivity contribution is -0.130. The molecule has 1 aliphatic heterocycles. The molecular formula is C39H47FN6O5. The highest BCUT2D eigenvalue weighted by atomic mass is 19.1. The summed E-state index contributed by atoms with van der Waals surface area (Å²) >= 11 is 0. The number of amides is 2. The van der Waals surface area contributed by atoms with Crippen LogP contribution >= 0.6 is 0 Å². The van der Waals surface area contributed by atoms with E-state index in [1.165, 1.54) is 30.3 Å². The van der Waals surface area contributed by atoms with Gasteiger partial charge in [-0.2, -0.15) is 4.98 Å². The molecule has 1 fully saturated rings. The molecule has 1 aromatic heterocycles. The second kappa shape index (κ2) is 17.1. The fourth-order valence-electron chi connectivity index (χ4n) is 6.38. The topological polar surface area (TPSA) is 109 Å². The van der Waals surface area contributed by atoms with Gasteiger partial charge in [-0.15, -0.1) is 0 Å². The zero-order chi connectivity index (χ0) is 36.5. The Morgan fingerprint density at radius 2 is 1.78 bits per heavy atom. The molecule has 11 nitrogen and oxygen atoms in total. The molecule has 0 aliphatic carbocycles. The first-order valence-electron chi connectivity index (χ1n) is 17.3. The maximum Gasteiger partial charge on any atom is 0.425 e. The van der Waals surface area contributed by atoms with Crippen LogP contribution in [0, 0.1) is 25.6 Å². The number of aromatic nitrogens is 2. The molecule has 1 unspecified atom stereocenters. The summed E-state index contributed by atoms with van der Waals surface area (Å²) in [5, 5.41) is 2.98. The van der Waals surface area contributed by atoms with E-state index in [-0.39, 0.29) is 29.9 Å². The standard InChI is InChI=1S/C39H47FN6O5/c1-7-45(8-2)36(47)22-28-14-16-32(34(21-28)49-6)46(37-26(3)11-9-12-27(37)4)39(48)51-35-18-19-41-38(43-35)42-30-15-17-33(31(40)23-30)50-25-29-13-10-20-44(5)24-29/h9,11-12,14-19,21,23,29H,7-8,10,13,20,22,24-25H2,1-6H3,(H,41,42,43). The monoisotopic (exact) mass is 698 g/mol. The summed E-state index contributed by atoms with van der Waals surface area (Å²) in [6.45, 7) is 11.4. The molecule has 51 heavy (non-hydrogen) atoms. The van der Waals surface area contributed by atoms with E-state index in [0.717, 1.165) is 42.6 Å². The van der Waals surface area contributed by atoms with E-state index in [0.29, 0.717) is 48.4 Å². The predicted molar refractivity (Wildman–Crippen MR) is 196 cm³/mol. The Bertz CT molecular complexity index is 1810. The first-order chi connectivity index (χ1) is 24.6. The molecule has 1 aliphatic rings. The third-order valence-corrected chi connectivity index (χ3v) is 9.01. The van der Waals surface area contributed by atoms with E-state index in [2.05, 4.69) is 27.2 Å². The lowest BCUT2D eigenvalue weighted by Gasteiger charge is -2.29. The highest BCUT2D eigenvalue weighted by Crippen LogP contribution is 2.39. The lowest BCUT2D eigenvalue weighted by Crippen LogP contribution is -2.34. The summed E-state index contributed by atoms with van der Waals surface area (Å²) in [5.74, 6) is 0.522. The first kappa shape index (κ1) is 37.0. The highest BCUT2D eigenvalue weighted by molar-refractivity contribution is 6.00. The predicted octanol–water partition coefficient (Wildman–Crippen LogP) is 7.45. The van der Waals surface area contributed by atoms with Gasteiger partial charge in [-0.3, -0.25) is 4.79 Å². The van der Waals surface area contributed by atoms with Crippen LogP contribution in [0.2, 0.25) is 0 Å². The maximum absolute atomic E-state index is 15.0. The average Bonchev–Trinajstić information content (AvgIpc) is 3.10. The van der Waals surface area contributed by atoms with E-state index in [1.807, 2.05) is 52.0 Å². The van der Waals surface area contributed by atoms with Crippen molar-refractivity contribution in [2.24, 2.45) is 5.92 Å². The number of ether oxygens (including phenoxy) is 3. The number of halogens is 1. The first-order valence-corrected chi connectivity index (χ1v) is 17.3. The van der Waals surface area contributed by atoms with Crippen LogP contribution in [0.3, 0.4) is 0 Å². The Balaban J connectivity index is 1.35. The van der Waals surface area contributed by atoms with Crippen LogP contribution in [0.5, 0.6) is 17.4 Å². The maximum atomic E-state index is 15.0. The number of carbonyl (C=O) groups excluding carboxylic acids is 2. The van der Waals surface area contributed by atoms with Gasteiger partial charge < -0.3 is 29.3 Å². The molecule has 0 bridgehead atoms. The second-order valence-corrected chi connectivity index (χ2v) is 12.8. The number of rotatable bonds is 13. The van der Waals surface area contributed by atoms with Crippen LogP contribution in [0.4, 0.5) is 32.2 Å². The minimum Gasteiger partial charge on any atom is -0.495 e. The number of hydrogen-bond donors (Lipinski definition) is 1. The van der Waals surface area contributed by atoms with Gasteiger partial charge in [0.2, 0.25) is 17.7 Å². The van der Waals surface area contributed by atoms with Crippen molar-refractivity contribution in [1.29, 1.82) is 0 Å². The summed E-state index contributed by atoms with van der Waals surface area (Å²) < 4.78 is 32.4. The largest absolute Gasteiger partial charge is 0.495 e. The number of likely N-dealkylation sites (tertiary alicyclic amines) is 1. The number of nitrogens with zero attached hydrogens (tertiary/aromatic N) is 5. The van der Waals surface area contributed by atoms with Gasteiger partial charge in [-0.1, -0.05) is 24.3 Å². The van der Waals surface area contributed by atoms with Crippen molar-refractivity contribution in [3.8, 4) is 17.4 Å². The molecule has 12 heteroatoms. The van der Waals surface area contributed by atoms with Gasteiger partial charge in [0.25, 0.3) is 0 Å². The third-order valence-electron chi connectivity index (χ3n) is 9.01. The number of anilines is 4. The Morgan fingerprint density at radius 1 is 1.02 bits per heavy atom.